The van der Waals surface area contributed by atoms with E-state index in [0.717, 1.165) is 26.2 Å². The van der Waals surface area contributed by atoms with Gasteiger partial charge in [-0.1, -0.05) is 13.3 Å². The van der Waals surface area contributed by atoms with Crippen LogP contribution in [0.2, 0.25) is 0 Å². The SMILES string of the molecule is CCN(Cc1cnn(CC)c1)C[C@@H]1CCCCN1. The second kappa shape index (κ2) is 6.90. The Balaban J connectivity index is 1.84. The fourth-order valence-corrected chi connectivity index (χ4v) is 2.62. The molecule has 0 saturated carbocycles. The summed E-state index contributed by atoms with van der Waals surface area (Å²) in [6.07, 6.45) is 8.21. The van der Waals surface area contributed by atoms with E-state index in [1.807, 2.05) is 10.9 Å². The van der Waals surface area contributed by atoms with Crippen molar-refractivity contribution < 1.29 is 0 Å². The highest BCUT2D eigenvalue weighted by Gasteiger charge is 2.16. The van der Waals surface area contributed by atoms with E-state index >= 15 is 0 Å². The monoisotopic (exact) mass is 250 g/mol. The van der Waals surface area contributed by atoms with Crippen LogP contribution in [0.25, 0.3) is 0 Å². The maximum Gasteiger partial charge on any atom is 0.0534 e. The normalized spacial score (nSPS) is 20.5. The zero-order chi connectivity index (χ0) is 12.8. The lowest BCUT2D eigenvalue weighted by Crippen LogP contribution is -2.43. The van der Waals surface area contributed by atoms with Gasteiger partial charge in [0.05, 0.1) is 6.20 Å². The number of aromatic nitrogens is 2. The summed E-state index contributed by atoms with van der Waals surface area (Å²) in [6, 6.07) is 0.680. The molecule has 1 atom stereocenters. The van der Waals surface area contributed by atoms with Gasteiger partial charge in [0, 0.05) is 37.4 Å². The quantitative estimate of drug-likeness (QED) is 0.836. The molecule has 0 amide bonds. The van der Waals surface area contributed by atoms with Gasteiger partial charge in [-0.25, -0.2) is 0 Å². The smallest absolute Gasteiger partial charge is 0.0534 e. The molecule has 0 spiro atoms. The average Bonchev–Trinajstić information content (AvgIpc) is 2.87. The van der Waals surface area contributed by atoms with Crippen LogP contribution in [0.5, 0.6) is 0 Å². The topological polar surface area (TPSA) is 33.1 Å². The van der Waals surface area contributed by atoms with Gasteiger partial charge in [0.1, 0.15) is 0 Å². The molecule has 1 aromatic heterocycles. The van der Waals surface area contributed by atoms with Gasteiger partial charge in [-0.15, -0.1) is 0 Å². The van der Waals surface area contributed by atoms with Gasteiger partial charge in [-0.3, -0.25) is 9.58 Å². The first-order valence-electron chi connectivity index (χ1n) is 7.29. The van der Waals surface area contributed by atoms with Gasteiger partial charge in [0.25, 0.3) is 0 Å². The Morgan fingerprint density at radius 1 is 1.44 bits per heavy atom. The van der Waals surface area contributed by atoms with Crippen molar-refractivity contribution in [2.45, 2.75) is 52.2 Å². The Bertz CT molecular complexity index is 341. The van der Waals surface area contributed by atoms with Crippen LogP contribution in [0.1, 0.15) is 38.7 Å². The molecule has 0 bridgehead atoms. The third-order valence-electron chi connectivity index (χ3n) is 3.76. The number of likely N-dealkylation sites (N-methyl/N-ethyl adjacent to an activating group) is 1. The van der Waals surface area contributed by atoms with Crippen LogP contribution in [-0.4, -0.2) is 40.4 Å². The van der Waals surface area contributed by atoms with E-state index in [-0.39, 0.29) is 0 Å². The summed E-state index contributed by atoms with van der Waals surface area (Å²) in [7, 11) is 0. The molecular weight excluding hydrogens is 224 g/mol. The van der Waals surface area contributed by atoms with Gasteiger partial charge >= 0.3 is 0 Å². The molecular formula is C14H26N4. The molecule has 0 unspecified atom stereocenters. The van der Waals surface area contributed by atoms with Crippen molar-refractivity contribution >= 4 is 0 Å². The van der Waals surface area contributed by atoms with Crippen molar-refractivity contribution in [1.82, 2.24) is 20.0 Å². The number of hydrogen-bond acceptors (Lipinski definition) is 3. The summed E-state index contributed by atoms with van der Waals surface area (Å²) in [5, 5.41) is 7.97. The minimum absolute atomic E-state index is 0.680. The van der Waals surface area contributed by atoms with Gasteiger partial charge < -0.3 is 5.32 Å². The van der Waals surface area contributed by atoms with Gasteiger partial charge in [0.2, 0.25) is 0 Å². The largest absolute Gasteiger partial charge is 0.313 e. The summed E-state index contributed by atoms with van der Waals surface area (Å²) < 4.78 is 2.00. The summed E-state index contributed by atoms with van der Waals surface area (Å²) in [5.41, 5.74) is 1.33. The Labute approximate surface area is 110 Å². The molecule has 18 heavy (non-hydrogen) atoms. The lowest BCUT2D eigenvalue weighted by molar-refractivity contribution is 0.226. The van der Waals surface area contributed by atoms with E-state index < -0.39 is 0 Å². The maximum absolute atomic E-state index is 4.34. The van der Waals surface area contributed by atoms with E-state index in [2.05, 4.69) is 35.4 Å². The van der Waals surface area contributed by atoms with Crippen LogP contribution < -0.4 is 5.32 Å². The van der Waals surface area contributed by atoms with Crippen molar-refractivity contribution in [3.8, 4) is 0 Å². The fourth-order valence-electron chi connectivity index (χ4n) is 2.62. The van der Waals surface area contributed by atoms with Gasteiger partial charge in [-0.05, 0) is 32.9 Å². The van der Waals surface area contributed by atoms with Crippen molar-refractivity contribution in [3.63, 3.8) is 0 Å². The van der Waals surface area contributed by atoms with Crippen molar-refractivity contribution in [1.29, 1.82) is 0 Å². The van der Waals surface area contributed by atoms with Crippen LogP contribution in [0, 0.1) is 0 Å². The Morgan fingerprint density at radius 2 is 2.33 bits per heavy atom. The molecule has 1 aromatic rings. The molecule has 102 valence electrons. The highest BCUT2D eigenvalue weighted by atomic mass is 15.3. The molecule has 1 saturated heterocycles. The molecule has 1 N–H and O–H groups in total. The zero-order valence-corrected chi connectivity index (χ0v) is 11.7. The summed E-state index contributed by atoms with van der Waals surface area (Å²) in [5.74, 6) is 0. The Kier molecular flexibility index (Phi) is 5.20. The Morgan fingerprint density at radius 3 is 2.94 bits per heavy atom. The average molecular weight is 250 g/mol. The number of hydrogen-bond donors (Lipinski definition) is 1. The predicted octanol–water partition coefficient (Wildman–Crippen LogP) is 1.87. The minimum atomic E-state index is 0.680. The second-order valence-electron chi connectivity index (χ2n) is 5.18. The highest BCUT2D eigenvalue weighted by molar-refractivity contribution is 5.03. The van der Waals surface area contributed by atoms with Gasteiger partial charge in [-0.2, -0.15) is 5.10 Å². The molecule has 0 aliphatic carbocycles. The highest BCUT2D eigenvalue weighted by Crippen LogP contribution is 2.10. The minimum Gasteiger partial charge on any atom is -0.313 e. The van der Waals surface area contributed by atoms with Crippen molar-refractivity contribution in [2.75, 3.05) is 19.6 Å². The molecule has 1 fully saturated rings. The van der Waals surface area contributed by atoms with E-state index in [4.69, 9.17) is 0 Å². The number of rotatable bonds is 6. The van der Waals surface area contributed by atoms with Crippen LogP contribution in [0.15, 0.2) is 12.4 Å². The second-order valence-corrected chi connectivity index (χ2v) is 5.18. The van der Waals surface area contributed by atoms with E-state index in [0.29, 0.717) is 6.04 Å². The fraction of sp³-hybridized carbons (Fsp3) is 0.786. The summed E-state index contributed by atoms with van der Waals surface area (Å²) >= 11 is 0. The van der Waals surface area contributed by atoms with E-state index in [9.17, 15) is 0 Å². The molecule has 2 heterocycles. The third-order valence-corrected chi connectivity index (χ3v) is 3.76. The third kappa shape index (κ3) is 3.82. The first-order valence-corrected chi connectivity index (χ1v) is 7.29. The molecule has 4 heteroatoms. The number of piperidine rings is 1. The molecule has 2 rings (SSSR count). The van der Waals surface area contributed by atoms with E-state index in [1.54, 1.807) is 0 Å². The number of nitrogens with zero attached hydrogens (tertiary/aromatic N) is 3. The molecule has 1 aliphatic rings. The zero-order valence-electron chi connectivity index (χ0n) is 11.7. The van der Waals surface area contributed by atoms with Crippen LogP contribution in [0.4, 0.5) is 0 Å². The molecule has 4 nitrogen and oxygen atoms in total. The van der Waals surface area contributed by atoms with Crippen molar-refractivity contribution in [3.05, 3.63) is 18.0 Å². The number of aryl methyl sites for hydroxylation is 1. The predicted molar refractivity (Wildman–Crippen MR) is 74.5 cm³/mol. The van der Waals surface area contributed by atoms with Crippen LogP contribution >= 0.6 is 0 Å². The molecule has 0 aromatic carbocycles. The van der Waals surface area contributed by atoms with E-state index in [1.165, 1.54) is 31.4 Å². The first kappa shape index (κ1) is 13.6. The lowest BCUT2D eigenvalue weighted by Gasteiger charge is -2.29. The molecule has 1 aliphatic heterocycles. The maximum atomic E-state index is 4.34. The van der Waals surface area contributed by atoms with Crippen molar-refractivity contribution in [2.24, 2.45) is 0 Å². The molecule has 0 radical (unpaired) electrons. The summed E-state index contributed by atoms with van der Waals surface area (Å²) in [4.78, 5) is 2.51. The first-order chi connectivity index (χ1) is 8.81. The van der Waals surface area contributed by atoms with Crippen LogP contribution in [0.3, 0.4) is 0 Å². The Hall–Kier alpha value is -0.870. The number of nitrogens with one attached hydrogen (secondary N) is 1. The summed E-state index contributed by atoms with van der Waals surface area (Å²) in [6.45, 7) is 9.80. The van der Waals surface area contributed by atoms with Gasteiger partial charge in [0.15, 0.2) is 0 Å². The van der Waals surface area contributed by atoms with Crippen LogP contribution in [-0.2, 0) is 13.1 Å². The lowest BCUT2D eigenvalue weighted by atomic mass is 10.0. The standard InChI is InChI=1S/C14H26N4/c1-3-17(12-14-7-5-6-8-15-14)10-13-9-16-18(4-2)11-13/h9,11,14-15H,3-8,10,12H2,1-2H3/t14-/m0/s1.